The second-order valence-electron chi connectivity index (χ2n) is 10.5. The summed E-state index contributed by atoms with van der Waals surface area (Å²) in [6, 6.07) is 26.1. The molecule has 1 N–H and O–H groups in total. The first-order chi connectivity index (χ1) is 19.0. The van der Waals surface area contributed by atoms with Crippen LogP contribution in [-0.2, 0) is 13.1 Å². The summed E-state index contributed by atoms with van der Waals surface area (Å²) >= 11 is 6.21. The van der Waals surface area contributed by atoms with E-state index in [2.05, 4.69) is 49.7 Å². The molecule has 0 unspecified atom stereocenters. The van der Waals surface area contributed by atoms with Gasteiger partial charge in [0.1, 0.15) is 6.04 Å². The summed E-state index contributed by atoms with van der Waals surface area (Å²) in [6.07, 6.45) is 4.38. The number of rotatable bonds is 8. The van der Waals surface area contributed by atoms with Crippen LogP contribution in [0.3, 0.4) is 0 Å². The van der Waals surface area contributed by atoms with Gasteiger partial charge in [-0.15, -0.1) is 5.10 Å². The molecule has 39 heavy (non-hydrogen) atoms. The highest BCUT2D eigenvalue weighted by Crippen LogP contribution is 2.35. The van der Waals surface area contributed by atoms with Crippen LogP contribution in [0.25, 0.3) is 10.9 Å². The van der Waals surface area contributed by atoms with Crippen molar-refractivity contribution in [3.05, 3.63) is 122 Å². The molecule has 5 aromatic rings. The quantitative estimate of drug-likeness (QED) is 0.248. The number of hydrogen-bond donors (Lipinski definition) is 1. The van der Waals surface area contributed by atoms with E-state index in [1.54, 1.807) is 0 Å². The maximum absolute atomic E-state index is 13.8. The van der Waals surface area contributed by atoms with Gasteiger partial charge in [-0.25, -0.2) is 4.68 Å². The third-order valence-electron chi connectivity index (χ3n) is 7.65. The van der Waals surface area contributed by atoms with Gasteiger partial charge in [0.25, 0.3) is 5.56 Å². The van der Waals surface area contributed by atoms with E-state index >= 15 is 0 Å². The molecule has 8 heteroatoms. The zero-order valence-corrected chi connectivity index (χ0v) is 22.7. The van der Waals surface area contributed by atoms with Gasteiger partial charge >= 0.3 is 0 Å². The molecule has 1 saturated carbocycles. The van der Waals surface area contributed by atoms with Crippen molar-refractivity contribution in [2.45, 2.75) is 57.8 Å². The van der Waals surface area contributed by atoms with E-state index in [0.29, 0.717) is 29.5 Å². The van der Waals surface area contributed by atoms with Crippen molar-refractivity contribution in [1.82, 2.24) is 30.1 Å². The summed E-state index contributed by atoms with van der Waals surface area (Å²) in [7, 11) is 0. The number of nitrogens with one attached hydrogen (secondary N) is 1. The Balaban J connectivity index is 1.53. The molecule has 1 atom stereocenters. The molecule has 0 saturated heterocycles. The van der Waals surface area contributed by atoms with Gasteiger partial charge in [-0.1, -0.05) is 79.0 Å². The molecular formula is C31H31ClN6O. The monoisotopic (exact) mass is 538 g/mol. The summed E-state index contributed by atoms with van der Waals surface area (Å²) < 4.78 is 1.97. The number of halogens is 1. The fourth-order valence-corrected chi connectivity index (χ4v) is 5.83. The average Bonchev–Trinajstić information content (AvgIpc) is 3.64. The van der Waals surface area contributed by atoms with E-state index in [1.807, 2.05) is 66.2 Å². The van der Waals surface area contributed by atoms with E-state index in [-0.39, 0.29) is 11.6 Å². The Morgan fingerprint density at radius 1 is 0.974 bits per heavy atom. The number of hydrogen-bond acceptors (Lipinski definition) is 5. The molecule has 7 nitrogen and oxygen atoms in total. The van der Waals surface area contributed by atoms with Crippen LogP contribution in [0.1, 0.15) is 65.8 Å². The smallest absolute Gasteiger partial charge is 0.253 e. The minimum atomic E-state index is -0.467. The molecule has 0 radical (unpaired) electrons. The second kappa shape index (κ2) is 11.1. The van der Waals surface area contributed by atoms with E-state index in [4.69, 9.17) is 11.6 Å². The number of H-pyrrole nitrogens is 1. The number of nitrogens with zero attached hydrogens (tertiary/aromatic N) is 5. The first-order valence-corrected chi connectivity index (χ1v) is 13.9. The van der Waals surface area contributed by atoms with Crippen LogP contribution in [-0.4, -0.2) is 30.1 Å². The third kappa shape index (κ3) is 5.51. The Labute approximate surface area is 232 Å². The van der Waals surface area contributed by atoms with Gasteiger partial charge < -0.3 is 4.98 Å². The normalized spacial score (nSPS) is 14.8. The molecular weight excluding hydrogens is 508 g/mol. The van der Waals surface area contributed by atoms with Crippen LogP contribution in [0.2, 0.25) is 5.02 Å². The predicted octanol–water partition coefficient (Wildman–Crippen LogP) is 6.38. The lowest BCUT2D eigenvalue weighted by Crippen LogP contribution is -2.35. The van der Waals surface area contributed by atoms with Gasteiger partial charge in [-0.05, 0) is 76.5 Å². The first kappa shape index (κ1) is 25.5. The van der Waals surface area contributed by atoms with Gasteiger partial charge in [0.05, 0.1) is 6.04 Å². The number of tetrazole rings is 1. The van der Waals surface area contributed by atoms with Crippen molar-refractivity contribution in [1.29, 1.82) is 0 Å². The largest absolute Gasteiger partial charge is 0.322 e. The highest BCUT2D eigenvalue weighted by molar-refractivity contribution is 6.30. The number of aryl methyl sites for hydroxylation is 1. The van der Waals surface area contributed by atoms with Gasteiger partial charge in [-0.2, -0.15) is 0 Å². The van der Waals surface area contributed by atoms with E-state index < -0.39 is 6.04 Å². The summed E-state index contributed by atoms with van der Waals surface area (Å²) in [5.41, 5.74) is 4.65. The molecule has 0 spiro atoms. The van der Waals surface area contributed by atoms with Gasteiger partial charge in [0, 0.05) is 29.2 Å². The van der Waals surface area contributed by atoms with Crippen molar-refractivity contribution >= 4 is 22.5 Å². The molecule has 0 bridgehead atoms. The number of benzene rings is 3. The zero-order valence-electron chi connectivity index (χ0n) is 21.9. The minimum absolute atomic E-state index is 0.131. The van der Waals surface area contributed by atoms with E-state index in [1.165, 1.54) is 0 Å². The number of aromatic nitrogens is 5. The third-order valence-corrected chi connectivity index (χ3v) is 7.90. The summed E-state index contributed by atoms with van der Waals surface area (Å²) in [5.74, 6) is 0.698. The zero-order chi connectivity index (χ0) is 26.8. The Kier molecular flexibility index (Phi) is 7.26. The molecule has 198 valence electrons. The van der Waals surface area contributed by atoms with Gasteiger partial charge in [-0.3, -0.25) is 9.69 Å². The van der Waals surface area contributed by atoms with Crippen LogP contribution >= 0.6 is 11.6 Å². The lowest BCUT2D eigenvalue weighted by atomic mass is 10.0. The Morgan fingerprint density at radius 2 is 1.69 bits per heavy atom. The molecule has 0 amide bonds. The van der Waals surface area contributed by atoms with Gasteiger partial charge in [0.2, 0.25) is 0 Å². The Hall–Kier alpha value is -3.81. The minimum Gasteiger partial charge on any atom is -0.322 e. The summed E-state index contributed by atoms with van der Waals surface area (Å²) in [4.78, 5) is 19.2. The standard InChI is InChI=1S/C31H31ClN6O/c1-21-11-14-24-18-27(31(39)33-28(24)17-21)29(30-34-35-36-38(30)26-9-5-6-10-26)37(19-22-7-3-2-4-8-22)20-23-12-15-25(32)16-13-23/h2-4,7-8,11-18,26,29H,5-6,9-10,19-20H2,1H3,(H,33,39)/t29-/m1/s1. The molecule has 2 heterocycles. The maximum Gasteiger partial charge on any atom is 0.253 e. The van der Waals surface area contributed by atoms with Crippen LogP contribution in [0.15, 0.2) is 83.7 Å². The highest BCUT2D eigenvalue weighted by atomic mass is 35.5. The number of aromatic amines is 1. The average molecular weight is 539 g/mol. The Bertz CT molecular complexity index is 1620. The fraction of sp³-hybridized carbons (Fsp3) is 0.290. The van der Waals surface area contributed by atoms with Crippen molar-refractivity contribution < 1.29 is 0 Å². The van der Waals surface area contributed by atoms with E-state index in [0.717, 1.165) is 53.3 Å². The summed E-state index contributed by atoms with van der Waals surface area (Å²) in [6.45, 7) is 3.22. The molecule has 2 aromatic heterocycles. The SMILES string of the molecule is Cc1ccc2cc([C@H](c3nnnn3C3CCCC3)N(Cc3ccccc3)Cc3ccc(Cl)cc3)c(=O)[nH]c2c1. The molecule has 3 aromatic carbocycles. The molecule has 1 aliphatic carbocycles. The topological polar surface area (TPSA) is 79.7 Å². The molecule has 6 rings (SSSR count). The van der Waals surface area contributed by atoms with Gasteiger partial charge in [0.15, 0.2) is 5.82 Å². The molecule has 0 aliphatic heterocycles. The first-order valence-electron chi connectivity index (χ1n) is 13.5. The van der Waals surface area contributed by atoms with Crippen molar-refractivity contribution in [2.75, 3.05) is 0 Å². The lowest BCUT2D eigenvalue weighted by molar-refractivity contribution is 0.190. The second-order valence-corrected chi connectivity index (χ2v) is 10.9. The predicted molar refractivity (Wildman–Crippen MR) is 154 cm³/mol. The van der Waals surface area contributed by atoms with E-state index in [9.17, 15) is 4.79 Å². The summed E-state index contributed by atoms with van der Waals surface area (Å²) in [5, 5.41) is 14.8. The number of pyridine rings is 1. The fourth-order valence-electron chi connectivity index (χ4n) is 5.70. The molecule has 1 aliphatic rings. The number of fused-ring (bicyclic) bond motifs is 1. The van der Waals surface area contributed by atoms with Crippen LogP contribution < -0.4 is 5.56 Å². The van der Waals surface area contributed by atoms with Crippen molar-refractivity contribution in [3.8, 4) is 0 Å². The lowest BCUT2D eigenvalue weighted by Gasteiger charge is -2.32. The molecule has 1 fully saturated rings. The van der Waals surface area contributed by atoms with Crippen molar-refractivity contribution in [2.24, 2.45) is 0 Å². The van der Waals surface area contributed by atoms with Crippen LogP contribution in [0.5, 0.6) is 0 Å². The van der Waals surface area contributed by atoms with Crippen molar-refractivity contribution in [3.63, 3.8) is 0 Å². The maximum atomic E-state index is 13.8. The Morgan fingerprint density at radius 3 is 2.44 bits per heavy atom. The van der Waals surface area contributed by atoms with Crippen LogP contribution in [0.4, 0.5) is 0 Å². The van der Waals surface area contributed by atoms with Crippen LogP contribution in [0, 0.1) is 6.92 Å². The highest BCUT2D eigenvalue weighted by Gasteiger charge is 2.33.